The summed E-state index contributed by atoms with van der Waals surface area (Å²) in [5.41, 5.74) is 23.2. The summed E-state index contributed by atoms with van der Waals surface area (Å²) in [6.45, 7) is 9.58. The van der Waals surface area contributed by atoms with Crippen molar-refractivity contribution in [2.75, 3.05) is 0 Å². The van der Waals surface area contributed by atoms with E-state index >= 15 is 0 Å². The van der Waals surface area contributed by atoms with Crippen LogP contribution >= 0.6 is 0 Å². The molecule has 0 saturated carbocycles. The number of benzene rings is 10. The van der Waals surface area contributed by atoms with Gasteiger partial charge in [-0.2, -0.15) is 0 Å². The molecule has 2 aliphatic carbocycles. The quantitative estimate of drug-likeness (QED) is 0.163. The van der Waals surface area contributed by atoms with Crippen LogP contribution in [-0.4, -0.2) is 0 Å². The lowest BCUT2D eigenvalue weighted by Gasteiger charge is -2.24. The molecule has 0 aliphatic heterocycles. The summed E-state index contributed by atoms with van der Waals surface area (Å²) in [7, 11) is 0. The van der Waals surface area contributed by atoms with Crippen LogP contribution in [0, 0.1) is 0 Å². The summed E-state index contributed by atoms with van der Waals surface area (Å²) in [6.07, 6.45) is 0. The largest absolute Gasteiger partial charge is 0.0616 e. The van der Waals surface area contributed by atoms with E-state index in [-0.39, 0.29) is 10.8 Å². The molecule has 10 aromatic carbocycles. The molecule has 0 spiro atoms. The van der Waals surface area contributed by atoms with Gasteiger partial charge < -0.3 is 0 Å². The van der Waals surface area contributed by atoms with Crippen LogP contribution < -0.4 is 0 Å². The predicted octanol–water partition coefficient (Wildman–Crippen LogP) is 16.9. The minimum atomic E-state index is -0.127. The van der Waals surface area contributed by atoms with Gasteiger partial charge in [-0.05, 0) is 158 Å². The van der Waals surface area contributed by atoms with Crippen LogP contribution in [0.25, 0.3) is 99.4 Å². The molecule has 0 unspecified atom stereocenters. The number of hydrogen-bond acceptors (Lipinski definition) is 0. The maximum Gasteiger partial charge on any atom is 0.0159 e. The zero-order chi connectivity index (χ0) is 41.7. The first-order valence-electron chi connectivity index (χ1n) is 22.0. The van der Waals surface area contributed by atoms with Crippen LogP contribution in [0.3, 0.4) is 0 Å². The Morgan fingerprint density at radius 3 is 0.742 bits per heavy atom. The van der Waals surface area contributed by atoms with Crippen LogP contribution in [0.5, 0.6) is 0 Å². The summed E-state index contributed by atoms with van der Waals surface area (Å²) < 4.78 is 0. The second-order valence-corrected chi connectivity index (χ2v) is 18.6. The molecule has 0 saturated heterocycles. The summed E-state index contributed by atoms with van der Waals surface area (Å²) >= 11 is 0. The minimum absolute atomic E-state index is 0.127. The SMILES string of the molecule is CC1(C)c2cc(-c3ccc(-c4ccc5ccccc5c4)cc3)ccc2-c2ccc(-c3ccc4c(c3)C(C)(C)c3cc(-c5ccc(-c6ccc7ccccc7c6)cc5)ccc3-4)cc21. The number of fused-ring (bicyclic) bond motifs is 8. The molecule has 0 aromatic heterocycles. The van der Waals surface area contributed by atoms with Crippen LogP contribution in [0.2, 0.25) is 0 Å². The lowest BCUT2D eigenvalue weighted by atomic mass is 9.79. The highest BCUT2D eigenvalue weighted by Crippen LogP contribution is 2.53. The Hall–Kier alpha value is -7.28. The Labute approximate surface area is 364 Å². The summed E-state index contributed by atoms with van der Waals surface area (Å²) in [6, 6.07) is 77.3. The number of rotatable bonds is 5. The van der Waals surface area contributed by atoms with Crippen molar-refractivity contribution >= 4 is 21.5 Å². The first-order chi connectivity index (χ1) is 30.2. The molecular weight excluding hydrogens is 745 g/mol. The lowest BCUT2D eigenvalue weighted by Crippen LogP contribution is -2.15. The average Bonchev–Trinajstić information content (AvgIpc) is 3.69. The molecule has 0 N–H and O–H groups in total. The molecule has 294 valence electrons. The second kappa shape index (κ2) is 13.6. The molecule has 0 amide bonds. The smallest absolute Gasteiger partial charge is 0.0159 e. The average molecular weight is 791 g/mol. The van der Waals surface area contributed by atoms with Gasteiger partial charge in [-0.3, -0.25) is 0 Å². The molecule has 0 radical (unpaired) electrons. The Balaban J connectivity index is 0.812. The molecule has 10 aromatic rings. The van der Waals surface area contributed by atoms with Crippen molar-refractivity contribution in [3.8, 4) is 77.9 Å². The minimum Gasteiger partial charge on any atom is -0.0616 e. The first kappa shape index (κ1) is 36.6. The zero-order valence-electron chi connectivity index (χ0n) is 35.6. The van der Waals surface area contributed by atoms with Crippen LogP contribution in [0.15, 0.2) is 206 Å². The van der Waals surface area contributed by atoms with Crippen molar-refractivity contribution < 1.29 is 0 Å². The number of hydrogen-bond donors (Lipinski definition) is 0. The molecular formula is C62H46. The summed E-state index contributed by atoms with van der Waals surface area (Å²) in [5, 5.41) is 5.09. The third-order valence-corrected chi connectivity index (χ3v) is 14.3. The lowest BCUT2D eigenvalue weighted by molar-refractivity contribution is 0.660. The van der Waals surface area contributed by atoms with E-state index in [1.165, 1.54) is 122 Å². The molecule has 0 atom stereocenters. The normalized spacial score (nSPS) is 14.1. The fraction of sp³-hybridized carbons (Fsp3) is 0.0968. The predicted molar refractivity (Wildman–Crippen MR) is 264 cm³/mol. The Morgan fingerprint density at radius 2 is 0.435 bits per heavy atom. The summed E-state index contributed by atoms with van der Waals surface area (Å²) in [5.74, 6) is 0. The fourth-order valence-corrected chi connectivity index (χ4v) is 10.6. The van der Waals surface area contributed by atoms with E-state index < -0.39 is 0 Å². The van der Waals surface area contributed by atoms with Gasteiger partial charge in [0.05, 0.1) is 0 Å². The summed E-state index contributed by atoms with van der Waals surface area (Å²) in [4.78, 5) is 0. The van der Waals surface area contributed by atoms with Crippen LogP contribution in [0.1, 0.15) is 49.9 Å². The molecule has 0 nitrogen and oxygen atoms in total. The Bertz CT molecular complexity index is 3200. The van der Waals surface area contributed by atoms with Gasteiger partial charge in [0.25, 0.3) is 0 Å². The van der Waals surface area contributed by atoms with Crippen molar-refractivity contribution in [2.24, 2.45) is 0 Å². The van der Waals surface area contributed by atoms with Crippen molar-refractivity contribution in [3.05, 3.63) is 229 Å². The van der Waals surface area contributed by atoms with E-state index in [1.807, 2.05) is 0 Å². The molecule has 0 fully saturated rings. The third kappa shape index (κ3) is 5.74. The van der Waals surface area contributed by atoms with E-state index in [4.69, 9.17) is 0 Å². The fourth-order valence-electron chi connectivity index (χ4n) is 10.6. The van der Waals surface area contributed by atoms with Crippen LogP contribution in [-0.2, 0) is 10.8 Å². The van der Waals surface area contributed by atoms with Crippen molar-refractivity contribution in [1.82, 2.24) is 0 Å². The van der Waals surface area contributed by atoms with E-state index in [9.17, 15) is 0 Å². The zero-order valence-corrected chi connectivity index (χ0v) is 35.6. The topological polar surface area (TPSA) is 0 Å². The monoisotopic (exact) mass is 790 g/mol. The highest BCUT2D eigenvalue weighted by molar-refractivity contribution is 5.91. The van der Waals surface area contributed by atoms with Gasteiger partial charge in [0.2, 0.25) is 0 Å². The van der Waals surface area contributed by atoms with Crippen molar-refractivity contribution in [2.45, 2.75) is 38.5 Å². The van der Waals surface area contributed by atoms with Gasteiger partial charge in [0, 0.05) is 10.8 Å². The molecule has 62 heavy (non-hydrogen) atoms. The van der Waals surface area contributed by atoms with E-state index in [2.05, 4.69) is 234 Å². The molecule has 2 aliphatic rings. The van der Waals surface area contributed by atoms with Gasteiger partial charge in [-0.15, -0.1) is 0 Å². The first-order valence-corrected chi connectivity index (χ1v) is 22.0. The van der Waals surface area contributed by atoms with Gasteiger partial charge in [-0.1, -0.05) is 198 Å². The van der Waals surface area contributed by atoms with Gasteiger partial charge in [0.15, 0.2) is 0 Å². The van der Waals surface area contributed by atoms with E-state index in [0.717, 1.165) is 0 Å². The second-order valence-electron chi connectivity index (χ2n) is 18.6. The van der Waals surface area contributed by atoms with Gasteiger partial charge in [-0.25, -0.2) is 0 Å². The molecule has 0 heterocycles. The van der Waals surface area contributed by atoms with Gasteiger partial charge >= 0.3 is 0 Å². The highest BCUT2D eigenvalue weighted by atomic mass is 14.4. The molecule has 0 bridgehead atoms. The van der Waals surface area contributed by atoms with Crippen LogP contribution in [0.4, 0.5) is 0 Å². The molecule has 12 rings (SSSR count). The standard InChI is InChI=1S/C62H46/c1-61(2)57-35-49(43-17-13-41(14-18-43)47-23-21-39-9-5-7-11-45(39)33-47)25-29-53(57)55-31-27-51(37-59(55)61)52-28-32-56-54-30-26-50(36-58(54)62(3,4)60(56)38-52)44-19-15-42(16-20-44)48-24-22-40-10-6-8-12-46(40)34-48/h5-38H,1-4H3. The maximum absolute atomic E-state index is 2.46. The maximum atomic E-state index is 2.46. The Kier molecular flexibility index (Phi) is 8.03. The van der Waals surface area contributed by atoms with Crippen molar-refractivity contribution in [1.29, 1.82) is 0 Å². The van der Waals surface area contributed by atoms with Crippen molar-refractivity contribution in [3.63, 3.8) is 0 Å². The van der Waals surface area contributed by atoms with E-state index in [1.54, 1.807) is 0 Å². The Morgan fingerprint density at radius 1 is 0.210 bits per heavy atom. The van der Waals surface area contributed by atoms with Gasteiger partial charge in [0.1, 0.15) is 0 Å². The molecule has 0 heteroatoms. The van der Waals surface area contributed by atoms with E-state index in [0.29, 0.717) is 0 Å². The third-order valence-electron chi connectivity index (χ3n) is 14.3. The highest BCUT2D eigenvalue weighted by Gasteiger charge is 2.38.